The van der Waals surface area contributed by atoms with E-state index in [2.05, 4.69) is 0 Å². The van der Waals surface area contributed by atoms with Crippen molar-refractivity contribution >= 4 is 0 Å². The summed E-state index contributed by atoms with van der Waals surface area (Å²) in [5.41, 5.74) is 0.110. The van der Waals surface area contributed by atoms with Gasteiger partial charge in [0.25, 0.3) is 0 Å². The third-order valence-electron chi connectivity index (χ3n) is 2.72. The van der Waals surface area contributed by atoms with Crippen molar-refractivity contribution in [2.75, 3.05) is 26.7 Å². The lowest BCUT2D eigenvalue weighted by atomic mass is 9.93. The second-order valence-corrected chi connectivity index (χ2v) is 3.80. The van der Waals surface area contributed by atoms with E-state index in [4.69, 9.17) is 0 Å². The zero-order valence-electron chi connectivity index (χ0n) is 9.17. The summed E-state index contributed by atoms with van der Waals surface area (Å²) in [6.07, 6.45) is 0. The first-order chi connectivity index (χ1) is 8.19. The van der Waals surface area contributed by atoms with Crippen LogP contribution in [0, 0.1) is 0 Å². The molecule has 0 unspecified atom stereocenters. The summed E-state index contributed by atoms with van der Waals surface area (Å²) in [5, 5.41) is 9.79. The Hall–Kier alpha value is -1.26. The molecular formula is C12H14F4O. The summed E-state index contributed by atoms with van der Waals surface area (Å²) in [4.78, 5) is 0. The molecule has 0 aliphatic carbocycles. The number of alkyl halides is 4. The first-order valence-corrected chi connectivity index (χ1v) is 5.25. The van der Waals surface area contributed by atoms with Crippen LogP contribution in [0.1, 0.15) is 23.0 Å². The molecule has 1 N–H and O–H groups in total. The van der Waals surface area contributed by atoms with Gasteiger partial charge in [-0.25, -0.2) is 0 Å². The predicted molar refractivity (Wildman–Crippen MR) is 57.5 cm³/mol. The summed E-state index contributed by atoms with van der Waals surface area (Å²) in [6, 6.07) is 4.15. The molecule has 1 rings (SSSR count). The molecule has 0 spiro atoms. The Kier molecular flexibility index (Phi) is 5.25. The van der Waals surface area contributed by atoms with Gasteiger partial charge in [-0.05, 0) is 0 Å². The van der Waals surface area contributed by atoms with Crippen molar-refractivity contribution in [3.8, 4) is 5.75 Å². The first-order valence-electron chi connectivity index (χ1n) is 5.25. The third kappa shape index (κ3) is 2.90. The Bertz CT molecular complexity index is 318. The molecule has 1 aromatic rings. The first kappa shape index (κ1) is 13.8. The molecule has 0 heterocycles. The van der Waals surface area contributed by atoms with Crippen LogP contribution in [0.25, 0.3) is 0 Å². The minimum atomic E-state index is -1.09. The second-order valence-electron chi connectivity index (χ2n) is 3.80. The summed E-state index contributed by atoms with van der Waals surface area (Å²) in [5.74, 6) is -2.59. The van der Waals surface area contributed by atoms with Gasteiger partial charge in [-0.3, -0.25) is 17.6 Å². The van der Waals surface area contributed by atoms with Gasteiger partial charge in [-0.1, -0.05) is 18.2 Å². The number of hydrogen-bond donors (Lipinski definition) is 1. The minimum absolute atomic E-state index is 0.0550. The minimum Gasteiger partial charge on any atom is -0.507 e. The van der Waals surface area contributed by atoms with E-state index >= 15 is 0 Å². The van der Waals surface area contributed by atoms with Gasteiger partial charge in [-0.15, -0.1) is 0 Å². The average molecular weight is 250 g/mol. The molecule has 1 aromatic carbocycles. The molecule has 0 bridgehead atoms. The number of aromatic hydroxyl groups is 1. The van der Waals surface area contributed by atoms with E-state index in [0.29, 0.717) is 0 Å². The fourth-order valence-electron chi connectivity index (χ4n) is 1.65. The summed E-state index contributed by atoms with van der Waals surface area (Å²) >= 11 is 0. The Morgan fingerprint density at radius 2 is 1.18 bits per heavy atom. The quantitative estimate of drug-likeness (QED) is 0.767. The monoisotopic (exact) mass is 250 g/mol. The zero-order valence-corrected chi connectivity index (χ0v) is 9.17. The lowest BCUT2D eigenvalue weighted by Gasteiger charge is -2.17. The Labute approximate surface area is 97.1 Å². The molecule has 0 aliphatic heterocycles. The van der Waals surface area contributed by atoms with Crippen molar-refractivity contribution in [3.63, 3.8) is 0 Å². The van der Waals surface area contributed by atoms with Gasteiger partial charge in [0.1, 0.15) is 5.75 Å². The van der Waals surface area contributed by atoms with Crippen molar-refractivity contribution in [2.45, 2.75) is 11.8 Å². The number of benzene rings is 1. The highest BCUT2D eigenvalue weighted by Crippen LogP contribution is 2.34. The fraction of sp³-hybridized carbons (Fsp3) is 0.500. The molecule has 0 aromatic heterocycles. The molecular weight excluding hydrogens is 236 g/mol. The van der Waals surface area contributed by atoms with Crippen LogP contribution in [-0.2, 0) is 0 Å². The topological polar surface area (TPSA) is 20.2 Å². The third-order valence-corrected chi connectivity index (χ3v) is 2.72. The van der Waals surface area contributed by atoms with E-state index in [9.17, 15) is 22.7 Å². The van der Waals surface area contributed by atoms with Crippen LogP contribution in [-0.4, -0.2) is 31.8 Å². The van der Waals surface area contributed by atoms with Gasteiger partial charge in [0.05, 0.1) is 26.7 Å². The van der Waals surface area contributed by atoms with Crippen LogP contribution in [0.4, 0.5) is 17.6 Å². The van der Waals surface area contributed by atoms with E-state index in [1.54, 1.807) is 0 Å². The van der Waals surface area contributed by atoms with Crippen molar-refractivity contribution in [3.05, 3.63) is 29.3 Å². The number of hydrogen-bond acceptors (Lipinski definition) is 1. The molecule has 0 amide bonds. The molecule has 0 fully saturated rings. The van der Waals surface area contributed by atoms with Crippen LogP contribution in [0.3, 0.4) is 0 Å². The summed E-state index contributed by atoms with van der Waals surface area (Å²) in [7, 11) is 0. The SMILES string of the molecule is Oc1c(C(CF)CF)cccc1C(CF)CF. The van der Waals surface area contributed by atoms with Crippen LogP contribution >= 0.6 is 0 Å². The Morgan fingerprint density at radius 3 is 1.47 bits per heavy atom. The maximum absolute atomic E-state index is 12.5. The molecule has 1 nitrogen and oxygen atoms in total. The summed E-state index contributed by atoms with van der Waals surface area (Å²) in [6.45, 7) is -3.88. The standard InChI is InChI=1S/C12H14F4O/c13-4-8(5-14)10-2-1-3-11(12(10)17)9(6-15)7-16/h1-3,8-9,17H,4-7H2. The summed E-state index contributed by atoms with van der Waals surface area (Å²) < 4.78 is 50.1. The molecule has 17 heavy (non-hydrogen) atoms. The maximum Gasteiger partial charge on any atom is 0.122 e. The average Bonchev–Trinajstić information content (AvgIpc) is 2.36. The Morgan fingerprint density at radius 1 is 0.824 bits per heavy atom. The van der Waals surface area contributed by atoms with E-state index < -0.39 is 44.3 Å². The number of halogens is 4. The largest absolute Gasteiger partial charge is 0.507 e. The Balaban J connectivity index is 3.14. The van der Waals surface area contributed by atoms with E-state index in [-0.39, 0.29) is 11.1 Å². The van der Waals surface area contributed by atoms with E-state index in [1.165, 1.54) is 18.2 Å². The van der Waals surface area contributed by atoms with Gasteiger partial charge in [0, 0.05) is 23.0 Å². The molecule has 0 saturated heterocycles. The van der Waals surface area contributed by atoms with Crippen molar-refractivity contribution in [1.29, 1.82) is 0 Å². The molecule has 0 radical (unpaired) electrons. The van der Waals surface area contributed by atoms with Crippen LogP contribution in [0.5, 0.6) is 5.75 Å². The second kappa shape index (κ2) is 6.47. The van der Waals surface area contributed by atoms with Crippen molar-refractivity contribution in [2.24, 2.45) is 0 Å². The zero-order chi connectivity index (χ0) is 12.8. The lowest BCUT2D eigenvalue weighted by Crippen LogP contribution is -2.08. The van der Waals surface area contributed by atoms with Gasteiger partial charge in [0.2, 0.25) is 0 Å². The van der Waals surface area contributed by atoms with Crippen molar-refractivity contribution < 1.29 is 22.7 Å². The van der Waals surface area contributed by atoms with Crippen molar-refractivity contribution in [1.82, 2.24) is 0 Å². The number of phenolic OH excluding ortho intramolecular Hbond substituents is 1. The predicted octanol–water partition coefficient (Wildman–Crippen LogP) is 3.44. The fourth-order valence-corrected chi connectivity index (χ4v) is 1.65. The van der Waals surface area contributed by atoms with Gasteiger partial charge in [0.15, 0.2) is 0 Å². The lowest BCUT2D eigenvalue weighted by molar-refractivity contribution is 0.331. The molecule has 0 aliphatic rings. The molecule has 0 saturated carbocycles. The number of rotatable bonds is 6. The highest BCUT2D eigenvalue weighted by atomic mass is 19.1. The molecule has 96 valence electrons. The number of phenols is 1. The normalized spacial score (nSPS) is 11.4. The van der Waals surface area contributed by atoms with Crippen LogP contribution in [0.15, 0.2) is 18.2 Å². The molecule has 5 heteroatoms. The van der Waals surface area contributed by atoms with Gasteiger partial charge >= 0.3 is 0 Å². The highest BCUT2D eigenvalue weighted by Gasteiger charge is 2.21. The smallest absolute Gasteiger partial charge is 0.122 e. The van der Waals surface area contributed by atoms with Gasteiger partial charge < -0.3 is 5.11 Å². The maximum atomic E-state index is 12.5. The molecule has 0 atom stereocenters. The highest BCUT2D eigenvalue weighted by molar-refractivity contribution is 5.44. The van der Waals surface area contributed by atoms with Crippen LogP contribution < -0.4 is 0 Å². The van der Waals surface area contributed by atoms with E-state index in [1.807, 2.05) is 0 Å². The number of para-hydroxylation sites is 1. The van der Waals surface area contributed by atoms with E-state index in [0.717, 1.165) is 0 Å². The van der Waals surface area contributed by atoms with Gasteiger partial charge in [-0.2, -0.15) is 0 Å². The van der Waals surface area contributed by atoms with Crippen LogP contribution in [0.2, 0.25) is 0 Å².